The fourth-order valence-electron chi connectivity index (χ4n) is 2.58. The number of hydrogen-bond donors (Lipinski definition) is 2. The van der Waals surface area contributed by atoms with Gasteiger partial charge in [-0.2, -0.15) is 0 Å². The lowest BCUT2D eigenvalue weighted by atomic mass is 9.97. The van der Waals surface area contributed by atoms with Gasteiger partial charge >= 0.3 is 0 Å². The Labute approximate surface area is 102 Å². The molecule has 0 bridgehead atoms. The maximum absolute atomic E-state index is 12.0. The second kappa shape index (κ2) is 5.00. The van der Waals surface area contributed by atoms with E-state index in [9.17, 15) is 4.79 Å². The molecule has 17 heavy (non-hydrogen) atoms. The maximum Gasteiger partial charge on any atom is 0.254 e. The predicted molar refractivity (Wildman–Crippen MR) is 68.5 cm³/mol. The van der Waals surface area contributed by atoms with Crippen LogP contribution in [0.25, 0.3) is 0 Å². The van der Waals surface area contributed by atoms with Crippen molar-refractivity contribution < 1.29 is 0 Å². The Morgan fingerprint density at radius 2 is 2.18 bits per heavy atom. The Morgan fingerprint density at radius 1 is 1.41 bits per heavy atom. The number of nitrogens with zero attached hydrogens (tertiary/aromatic N) is 1. The maximum atomic E-state index is 12.0. The highest BCUT2D eigenvalue weighted by Gasteiger charge is 2.19. The van der Waals surface area contributed by atoms with Gasteiger partial charge in [-0.25, -0.2) is 4.98 Å². The van der Waals surface area contributed by atoms with E-state index in [0.29, 0.717) is 5.92 Å². The van der Waals surface area contributed by atoms with Gasteiger partial charge in [0.05, 0.1) is 0 Å². The second-order valence-corrected chi connectivity index (χ2v) is 5.15. The third kappa shape index (κ3) is 2.57. The van der Waals surface area contributed by atoms with E-state index in [1.54, 1.807) is 0 Å². The van der Waals surface area contributed by atoms with Crippen molar-refractivity contribution in [3.05, 3.63) is 27.4 Å². The van der Waals surface area contributed by atoms with Crippen LogP contribution in [-0.2, 0) is 0 Å². The van der Waals surface area contributed by atoms with Crippen LogP contribution < -0.4 is 10.9 Å². The highest BCUT2D eigenvalue weighted by Crippen LogP contribution is 2.21. The average Bonchev–Trinajstić information content (AvgIpc) is 2.28. The zero-order valence-electron chi connectivity index (χ0n) is 10.8. The molecule has 1 aromatic heterocycles. The molecule has 1 aliphatic rings. The predicted octanol–water partition coefficient (Wildman–Crippen LogP) is 1.67. The third-order valence-corrected chi connectivity index (χ3v) is 3.43. The summed E-state index contributed by atoms with van der Waals surface area (Å²) in [4.78, 5) is 19.6. The van der Waals surface area contributed by atoms with E-state index in [1.165, 1.54) is 0 Å². The molecule has 4 nitrogen and oxygen atoms in total. The molecule has 1 fully saturated rings. The van der Waals surface area contributed by atoms with Gasteiger partial charge in [-0.1, -0.05) is 13.8 Å². The molecule has 1 aliphatic heterocycles. The first kappa shape index (κ1) is 12.3. The quantitative estimate of drug-likeness (QED) is 0.819. The number of aromatic amines is 1. The first-order valence-corrected chi connectivity index (χ1v) is 6.41. The molecule has 0 saturated carbocycles. The zero-order chi connectivity index (χ0) is 12.4. The van der Waals surface area contributed by atoms with Crippen molar-refractivity contribution in [1.29, 1.82) is 0 Å². The summed E-state index contributed by atoms with van der Waals surface area (Å²) in [5, 5.41) is 3.35. The van der Waals surface area contributed by atoms with Gasteiger partial charge in [-0.3, -0.25) is 4.79 Å². The van der Waals surface area contributed by atoms with Crippen LogP contribution in [0.2, 0.25) is 0 Å². The van der Waals surface area contributed by atoms with Gasteiger partial charge in [0.15, 0.2) is 0 Å². The van der Waals surface area contributed by atoms with E-state index in [0.717, 1.165) is 43.0 Å². The molecule has 0 aliphatic carbocycles. The van der Waals surface area contributed by atoms with E-state index in [2.05, 4.69) is 15.3 Å². The van der Waals surface area contributed by atoms with E-state index in [-0.39, 0.29) is 11.5 Å². The van der Waals surface area contributed by atoms with Crippen molar-refractivity contribution in [1.82, 2.24) is 15.3 Å². The minimum Gasteiger partial charge on any atom is -0.316 e. The largest absolute Gasteiger partial charge is 0.316 e. The SMILES string of the molecule is Cc1nc(C2CCCNC2)[nH]c(=O)c1C(C)C. The normalized spacial score (nSPS) is 20.8. The van der Waals surface area contributed by atoms with E-state index in [4.69, 9.17) is 0 Å². The van der Waals surface area contributed by atoms with Crippen molar-refractivity contribution in [2.45, 2.75) is 45.4 Å². The van der Waals surface area contributed by atoms with E-state index in [1.807, 2.05) is 20.8 Å². The molecule has 1 aromatic rings. The van der Waals surface area contributed by atoms with Crippen molar-refractivity contribution in [3.63, 3.8) is 0 Å². The Bertz CT molecular complexity index is 444. The topological polar surface area (TPSA) is 57.8 Å². The number of aryl methyl sites for hydroxylation is 1. The average molecular weight is 235 g/mol. The Balaban J connectivity index is 2.34. The molecule has 0 amide bonds. The Morgan fingerprint density at radius 3 is 2.71 bits per heavy atom. The lowest BCUT2D eigenvalue weighted by Crippen LogP contribution is -2.31. The smallest absolute Gasteiger partial charge is 0.254 e. The lowest BCUT2D eigenvalue weighted by molar-refractivity contribution is 0.444. The van der Waals surface area contributed by atoms with Crippen LogP contribution in [0.3, 0.4) is 0 Å². The minimum atomic E-state index is 0.0353. The zero-order valence-corrected chi connectivity index (χ0v) is 10.8. The van der Waals surface area contributed by atoms with Crippen molar-refractivity contribution in [3.8, 4) is 0 Å². The van der Waals surface area contributed by atoms with Gasteiger partial charge in [-0.15, -0.1) is 0 Å². The number of rotatable bonds is 2. The summed E-state index contributed by atoms with van der Waals surface area (Å²) in [5.74, 6) is 1.44. The van der Waals surface area contributed by atoms with Crippen molar-refractivity contribution in [2.24, 2.45) is 0 Å². The molecule has 1 atom stereocenters. The number of hydrogen-bond acceptors (Lipinski definition) is 3. The minimum absolute atomic E-state index is 0.0353. The van der Waals surface area contributed by atoms with Crippen LogP contribution in [0, 0.1) is 6.92 Å². The summed E-state index contributed by atoms with van der Waals surface area (Å²) in [6.07, 6.45) is 2.26. The summed E-state index contributed by atoms with van der Waals surface area (Å²) < 4.78 is 0. The summed E-state index contributed by atoms with van der Waals surface area (Å²) in [5.41, 5.74) is 1.73. The fourth-order valence-corrected chi connectivity index (χ4v) is 2.58. The molecule has 2 heterocycles. The first-order chi connectivity index (χ1) is 8.09. The molecule has 2 rings (SSSR count). The molecular formula is C13H21N3O. The van der Waals surface area contributed by atoms with Crippen LogP contribution in [0.1, 0.15) is 55.6 Å². The van der Waals surface area contributed by atoms with Gasteiger partial charge in [0.1, 0.15) is 5.82 Å². The van der Waals surface area contributed by atoms with E-state index >= 15 is 0 Å². The molecule has 1 unspecified atom stereocenters. The number of piperidine rings is 1. The summed E-state index contributed by atoms with van der Waals surface area (Å²) in [7, 11) is 0. The lowest BCUT2D eigenvalue weighted by Gasteiger charge is -2.22. The van der Waals surface area contributed by atoms with Gasteiger partial charge in [0.25, 0.3) is 5.56 Å². The molecule has 4 heteroatoms. The standard InChI is InChI=1S/C13H21N3O/c1-8(2)11-9(3)15-12(16-13(11)17)10-5-4-6-14-7-10/h8,10,14H,4-7H2,1-3H3,(H,15,16,17). The molecule has 1 saturated heterocycles. The van der Waals surface area contributed by atoms with Gasteiger partial charge in [0.2, 0.25) is 0 Å². The molecular weight excluding hydrogens is 214 g/mol. The van der Waals surface area contributed by atoms with Crippen LogP contribution in [0.15, 0.2) is 4.79 Å². The van der Waals surface area contributed by atoms with Crippen molar-refractivity contribution in [2.75, 3.05) is 13.1 Å². The number of nitrogens with one attached hydrogen (secondary N) is 2. The van der Waals surface area contributed by atoms with Crippen LogP contribution in [0.5, 0.6) is 0 Å². The van der Waals surface area contributed by atoms with Gasteiger partial charge < -0.3 is 10.3 Å². The highest BCUT2D eigenvalue weighted by atomic mass is 16.1. The molecule has 0 aromatic carbocycles. The highest BCUT2D eigenvalue weighted by molar-refractivity contribution is 5.21. The summed E-state index contributed by atoms with van der Waals surface area (Å²) in [6.45, 7) is 7.99. The van der Waals surface area contributed by atoms with Gasteiger partial charge in [0, 0.05) is 23.7 Å². The molecule has 94 valence electrons. The van der Waals surface area contributed by atoms with Gasteiger partial charge in [-0.05, 0) is 32.2 Å². The van der Waals surface area contributed by atoms with Crippen LogP contribution in [-0.4, -0.2) is 23.1 Å². The third-order valence-electron chi connectivity index (χ3n) is 3.43. The Hall–Kier alpha value is -1.16. The molecule has 0 radical (unpaired) electrons. The molecule has 0 spiro atoms. The van der Waals surface area contributed by atoms with Crippen LogP contribution in [0.4, 0.5) is 0 Å². The number of H-pyrrole nitrogens is 1. The monoisotopic (exact) mass is 235 g/mol. The van der Waals surface area contributed by atoms with Crippen molar-refractivity contribution >= 4 is 0 Å². The van der Waals surface area contributed by atoms with E-state index < -0.39 is 0 Å². The second-order valence-electron chi connectivity index (χ2n) is 5.15. The summed E-state index contributed by atoms with van der Waals surface area (Å²) in [6, 6.07) is 0. The van der Waals surface area contributed by atoms with Crippen LogP contribution >= 0.6 is 0 Å². The Kier molecular flexibility index (Phi) is 3.62. The summed E-state index contributed by atoms with van der Waals surface area (Å²) >= 11 is 0. The number of aromatic nitrogens is 2. The first-order valence-electron chi connectivity index (χ1n) is 6.41. The fraction of sp³-hybridized carbons (Fsp3) is 0.692. The molecule has 2 N–H and O–H groups in total.